The highest BCUT2D eigenvalue weighted by atomic mass is 16.2. The van der Waals surface area contributed by atoms with Crippen LogP contribution >= 0.6 is 0 Å². The molecular weight excluding hydrogens is 352 g/mol. The van der Waals surface area contributed by atoms with E-state index < -0.39 is 0 Å². The molecule has 0 saturated carbocycles. The number of hydrogen-bond acceptors (Lipinski definition) is 3. The van der Waals surface area contributed by atoms with E-state index in [-0.39, 0.29) is 28.8 Å². The smallest absolute Gasteiger partial charge is 0.317 e. The number of amides is 3. The van der Waals surface area contributed by atoms with E-state index in [9.17, 15) is 9.59 Å². The van der Waals surface area contributed by atoms with Crippen LogP contribution in [0.15, 0.2) is 0 Å². The van der Waals surface area contributed by atoms with Crippen LogP contribution in [0.4, 0.5) is 4.79 Å². The van der Waals surface area contributed by atoms with Crippen molar-refractivity contribution in [1.82, 2.24) is 20.0 Å². The van der Waals surface area contributed by atoms with Crippen molar-refractivity contribution in [3.8, 4) is 0 Å². The summed E-state index contributed by atoms with van der Waals surface area (Å²) < 4.78 is 0. The van der Waals surface area contributed by atoms with E-state index in [4.69, 9.17) is 0 Å². The van der Waals surface area contributed by atoms with Gasteiger partial charge in [0.15, 0.2) is 0 Å². The van der Waals surface area contributed by atoms with Crippen LogP contribution in [0.2, 0.25) is 0 Å². The monoisotopic (exact) mass is 392 g/mol. The van der Waals surface area contributed by atoms with Gasteiger partial charge in [0, 0.05) is 45.3 Å². The van der Waals surface area contributed by atoms with Gasteiger partial charge in [0.05, 0.1) is 6.54 Å². The Kier molecular flexibility index (Phi) is 6.00. The highest BCUT2D eigenvalue weighted by Crippen LogP contribution is 2.40. The molecule has 0 radical (unpaired) electrons. The molecule has 3 amide bonds. The lowest BCUT2D eigenvalue weighted by molar-refractivity contribution is -0.131. The summed E-state index contributed by atoms with van der Waals surface area (Å²) in [6.07, 6.45) is 6.41. The second-order valence-electron chi connectivity index (χ2n) is 11.1. The van der Waals surface area contributed by atoms with Crippen molar-refractivity contribution >= 4 is 11.9 Å². The molecule has 6 heteroatoms. The number of likely N-dealkylation sites (tertiary alicyclic amines) is 1. The molecule has 0 aromatic rings. The van der Waals surface area contributed by atoms with Gasteiger partial charge in [-0.3, -0.25) is 9.69 Å². The molecule has 3 heterocycles. The minimum Gasteiger partial charge on any atom is -0.348 e. The Morgan fingerprint density at radius 3 is 2.21 bits per heavy atom. The predicted octanol–water partition coefficient (Wildman–Crippen LogP) is 2.93. The topological polar surface area (TPSA) is 55.9 Å². The second kappa shape index (κ2) is 7.85. The Labute approximate surface area is 171 Å². The van der Waals surface area contributed by atoms with Crippen molar-refractivity contribution < 1.29 is 9.59 Å². The highest BCUT2D eigenvalue weighted by Gasteiger charge is 2.43. The van der Waals surface area contributed by atoms with Crippen molar-refractivity contribution in [1.29, 1.82) is 0 Å². The molecule has 3 rings (SSSR count). The summed E-state index contributed by atoms with van der Waals surface area (Å²) in [4.78, 5) is 31.3. The van der Waals surface area contributed by atoms with Crippen LogP contribution in [0.5, 0.6) is 0 Å². The first-order chi connectivity index (χ1) is 13.0. The first-order valence-corrected chi connectivity index (χ1v) is 11.0. The number of fused-ring (bicyclic) bond motifs is 2. The molecular formula is C22H40N4O2. The molecule has 3 aliphatic heterocycles. The molecule has 0 aromatic heterocycles. The van der Waals surface area contributed by atoms with Crippen LogP contribution in [-0.4, -0.2) is 78.5 Å². The van der Waals surface area contributed by atoms with Gasteiger partial charge in [-0.25, -0.2) is 4.79 Å². The largest absolute Gasteiger partial charge is 0.348 e. The van der Waals surface area contributed by atoms with Gasteiger partial charge in [0.25, 0.3) is 0 Å². The highest BCUT2D eigenvalue weighted by molar-refractivity contribution is 5.78. The number of urea groups is 1. The molecule has 3 saturated heterocycles. The van der Waals surface area contributed by atoms with Gasteiger partial charge in [-0.1, -0.05) is 27.7 Å². The molecule has 2 unspecified atom stereocenters. The minimum absolute atomic E-state index is 0.105. The Balaban J connectivity index is 1.57. The molecule has 28 heavy (non-hydrogen) atoms. The average molecular weight is 393 g/mol. The van der Waals surface area contributed by atoms with Crippen molar-refractivity contribution in [3.63, 3.8) is 0 Å². The van der Waals surface area contributed by atoms with Crippen molar-refractivity contribution in [2.45, 2.75) is 84.3 Å². The SMILES string of the molecule is CN(C)C(=O)CN1C2CCC1CC(NC(=O)N1CCC(C)(C)CC(C)(C)C1)C2. The van der Waals surface area contributed by atoms with E-state index in [1.165, 1.54) is 0 Å². The van der Waals surface area contributed by atoms with Crippen LogP contribution in [0, 0.1) is 10.8 Å². The summed E-state index contributed by atoms with van der Waals surface area (Å²) in [6, 6.07) is 1.18. The van der Waals surface area contributed by atoms with Gasteiger partial charge in [-0.05, 0) is 49.4 Å². The van der Waals surface area contributed by atoms with E-state index in [1.54, 1.807) is 4.90 Å². The molecule has 3 aliphatic rings. The number of nitrogens with one attached hydrogen (secondary N) is 1. The van der Waals surface area contributed by atoms with Crippen LogP contribution in [0.3, 0.4) is 0 Å². The third kappa shape index (κ3) is 5.00. The summed E-state index contributed by atoms with van der Waals surface area (Å²) in [5.41, 5.74) is 0.425. The van der Waals surface area contributed by atoms with E-state index in [1.807, 2.05) is 19.0 Å². The molecule has 3 fully saturated rings. The van der Waals surface area contributed by atoms with Crippen molar-refractivity contribution in [2.75, 3.05) is 33.7 Å². The molecule has 160 valence electrons. The number of nitrogens with zero attached hydrogens (tertiary/aromatic N) is 3. The molecule has 0 spiro atoms. The minimum atomic E-state index is 0.105. The van der Waals surface area contributed by atoms with E-state index in [0.29, 0.717) is 18.6 Å². The van der Waals surface area contributed by atoms with Crippen LogP contribution in [0.25, 0.3) is 0 Å². The lowest BCUT2D eigenvalue weighted by Crippen LogP contribution is -2.55. The normalized spacial score (nSPS) is 31.9. The summed E-state index contributed by atoms with van der Waals surface area (Å²) >= 11 is 0. The molecule has 1 N–H and O–H groups in total. The Bertz CT molecular complexity index is 587. The van der Waals surface area contributed by atoms with Crippen molar-refractivity contribution in [3.05, 3.63) is 0 Å². The maximum Gasteiger partial charge on any atom is 0.317 e. The van der Waals surface area contributed by atoms with Crippen LogP contribution in [0.1, 0.15) is 66.2 Å². The zero-order valence-corrected chi connectivity index (χ0v) is 18.8. The third-order valence-corrected chi connectivity index (χ3v) is 6.95. The maximum absolute atomic E-state index is 13.0. The van der Waals surface area contributed by atoms with Gasteiger partial charge in [-0.15, -0.1) is 0 Å². The molecule has 2 bridgehead atoms. The fraction of sp³-hybridized carbons (Fsp3) is 0.909. The summed E-state index contributed by atoms with van der Waals surface area (Å²) in [7, 11) is 3.64. The van der Waals surface area contributed by atoms with Gasteiger partial charge >= 0.3 is 6.03 Å². The first kappa shape index (κ1) is 21.4. The van der Waals surface area contributed by atoms with E-state index >= 15 is 0 Å². The number of piperidine rings is 1. The lowest BCUT2D eigenvalue weighted by Gasteiger charge is -2.40. The van der Waals surface area contributed by atoms with E-state index in [2.05, 4.69) is 37.9 Å². The summed E-state index contributed by atoms with van der Waals surface area (Å²) in [5.74, 6) is 0.175. The molecule has 0 aliphatic carbocycles. The second-order valence-corrected chi connectivity index (χ2v) is 11.1. The van der Waals surface area contributed by atoms with Crippen LogP contribution < -0.4 is 5.32 Å². The Morgan fingerprint density at radius 2 is 1.64 bits per heavy atom. The van der Waals surface area contributed by atoms with Gasteiger partial charge in [-0.2, -0.15) is 0 Å². The average Bonchev–Trinajstić information content (AvgIpc) is 2.74. The Morgan fingerprint density at radius 1 is 1.04 bits per heavy atom. The standard InChI is InChI=1S/C22H40N4O2/c1-21(2)9-10-25(15-22(3,4)14-21)20(28)23-16-11-17-7-8-18(12-16)26(17)13-19(27)24(5)6/h16-18H,7-15H2,1-6H3,(H,23,28). The molecule has 6 nitrogen and oxygen atoms in total. The number of rotatable bonds is 3. The number of carbonyl (C=O) groups is 2. The van der Waals surface area contributed by atoms with Crippen LogP contribution in [-0.2, 0) is 4.79 Å². The van der Waals surface area contributed by atoms with Gasteiger partial charge in [0.2, 0.25) is 5.91 Å². The third-order valence-electron chi connectivity index (χ3n) is 6.95. The number of carbonyl (C=O) groups excluding carboxylic acids is 2. The van der Waals surface area contributed by atoms with Crippen molar-refractivity contribution in [2.24, 2.45) is 10.8 Å². The lowest BCUT2D eigenvalue weighted by atomic mass is 9.75. The van der Waals surface area contributed by atoms with Gasteiger partial charge < -0.3 is 15.1 Å². The molecule has 0 aromatic carbocycles. The van der Waals surface area contributed by atoms with Gasteiger partial charge in [0.1, 0.15) is 0 Å². The summed E-state index contributed by atoms with van der Waals surface area (Å²) in [6.45, 7) is 11.4. The Hall–Kier alpha value is -1.30. The molecule has 2 atom stereocenters. The fourth-order valence-electron chi connectivity index (χ4n) is 5.86. The zero-order chi connectivity index (χ0) is 20.7. The summed E-state index contributed by atoms with van der Waals surface area (Å²) in [5, 5.41) is 3.34. The number of hydrogen-bond donors (Lipinski definition) is 1. The maximum atomic E-state index is 13.0. The zero-order valence-electron chi connectivity index (χ0n) is 18.8. The fourth-order valence-corrected chi connectivity index (χ4v) is 5.86. The van der Waals surface area contributed by atoms with E-state index in [0.717, 1.165) is 51.6 Å². The number of likely N-dealkylation sites (N-methyl/N-ethyl adjacent to an activating group) is 1. The first-order valence-electron chi connectivity index (χ1n) is 11.0. The quantitative estimate of drug-likeness (QED) is 0.803. The predicted molar refractivity (Wildman–Crippen MR) is 112 cm³/mol.